The minimum atomic E-state index is -1.40. The van der Waals surface area contributed by atoms with Crippen LogP contribution in [0.15, 0.2) is 30.5 Å². The summed E-state index contributed by atoms with van der Waals surface area (Å²) in [5.41, 5.74) is 0.855. The molecule has 2 rings (SSSR count). The lowest BCUT2D eigenvalue weighted by molar-refractivity contribution is -0.143. The maximum atomic E-state index is 14.0. The molecule has 7 N–H and O–H groups in total. The van der Waals surface area contributed by atoms with Crippen LogP contribution < -0.4 is 21.3 Å². The van der Waals surface area contributed by atoms with E-state index in [2.05, 4.69) is 26.3 Å². The Hall–Kier alpha value is -4.13. The lowest BCUT2D eigenvalue weighted by Gasteiger charge is -2.31. The van der Waals surface area contributed by atoms with Crippen LogP contribution in [0, 0.1) is 17.8 Å². The molecule has 7 atom stereocenters. The van der Waals surface area contributed by atoms with Gasteiger partial charge in [-0.15, -0.1) is 0 Å². The molecule has 0 bridgehead atoms. The first-order valence-corrected chi connectivity index (χ1v) is 16.7. The number of H-pyrrole nitrogens is 1. The molecule has 0 aliphatic rings. The predicted octanol–water partition coefficient (Wildman–Crippen LogP) is 3.64. The Bertz CT molecular complexity index is 1400. The van der Waals surface area contributed by atoms with Gasteiger partial charge in [0.1, 0.15) is 23.7 Å². The third-order valence-electron chi connectivity index (χ3n) is 8.51. The van der Waals surface area contributed by atoms with Crippen molar-refractivity contribution in [3.05, 3.63) is 36.0 Å². The summed E-state index contributed by atoms with van der Waals surface area (Å²) in [6.45, 7) is 15.8. The Balaban J connectivity index is 2.37. The van der Waals surface area contributed by atoms with Gasteiger partial charge in [0.2, 0.25) is 17.7 Å². The average Bonchev–Trinajstić information content (AvgIpc) is 3.41. The van der Waals surface area contributed by atoms with E-state index in [9.17, 15) is 34.2 Å². The molecule has 1 heterocycles. The number of benzene rings is 1. The molecule has 0 aliphatic heterocycles. The van der Waals surface area contributed by atoms with Crippen LogP contribution in [0.2, 0.25) is 0 Å². The summed E-state index contributed by atoms with van der Waals surface area (Å²) >= 11 is 0. The van der Waals surface area contributed by atoms with Gasteiger partial charge >= 0.3 is 12.1 Å². The molecule has 0 radical (unpaired) electrons. The summed E-state index contributed by atoms with van der Waals surface area (Å²) in [7, 11) is 0. The van der Waals surface area contributed by atoms with Crippen molar-refractivity contribution in [2.24, 2.45) is 17.8 Å². The first kappa shape index (κ1) is 40.0. The molecule has 0 aliphatic carbocycles. The lowest BCUT2D eigenvalue weighted by atomic mass is 9.93. The van der Waals surface area contributed by atoms with Crippen molar-refractivity contribution in [2.75, 3.05) is 0 Å². The fourth-order valence-corrected chi connectivity index (χ4v) is 5.25. The number of hydrogen-bond donors (Lipinski definition) is 7. The molecular formula is C35H55N5O8. The molecule has 2 aromatic rings. The maximum absolute atomic E-state index is 14.0. The smallest absolute Gasteiger partial charge is 0.408 e. The van der Waals surface area contributed by atoms with Crippen molar-refractivity contribution in [1.82, 2.24) is 26.3 Å². The number of aliphatic hydroxyl groups is 1. The zero-order valence-corrected chi connectivity index (χ0v) is 29.7. The molecular weight excluding hydrogens is 618 g/mol. The Morgan fingerprint density at radius 3 is 1.94 bits per heavy atom. The molecule has 0 saturated carbocycles. The Morgan fingerprint density at radius 2 is 1.40 bits per heavy atom. The molecule has 13 nitrogen and oxygen atoms in total. The first-order chi connectivity index (χ1) is 22.4. The highest BCUT2D eigenvalue weighted by Gasteiger charge is 2.35. The zero-order chi connectivity index (χ0) is 36.3. The molecule has 268 valence electrons. The molecule has 0 fully saturated rings. The van der Waals surface area contributed by atoms with E-state index in [4.69, 9.17) is 4.74 Å². The summed E-state index contributed by atoms with van der Waals surface area (Å²) < 4.78 is 5.37. The summed E-state index contributed by atoms with van der Waals surface area (Å²) in [5.74, 6) is -4.03. The fraction of sp³-hybridized carbons (Fsp3) is 0.629. The third kappa shape index (κ3) is 11.8. The number of carbonyl (C=O) groups excluding carboxylic acids is 4. The topological polar surface area (TPSA) is 199 Å². The molecule has 1 unspecified atom stereocenters. The molecule has 1 aromatic carbocycles. The monoisotopic (exact) mass is 673 g/mol. The van der Waals surface area contributed by atoms with E-state index in [1.165, 1.54) is 0 Å². The molecule has 48 heavy (non-hydrogen) atoms. The van der Waals surface area contributed by atoms with Crippen LogP contribution in [-0.4, -0.2) is 80.9 Å². The van der Waals surface area contributed by atoms with Crippen molar-refractivity contribution < 1.29 is 38.9 Å². The standard InChI is InChI=1S/C35H55N5O8/c1-10-20(5)29(39-32(44)30(21(6)11-2)40-34(47)48-35(7,8)9)31(43)37-25(16-22-18-36-24-15-13-12-14-23(22)24)26(41)17-27(42)38-28(19(3)4)33(45)46/h12-15,18-21,25-26,28-30,36,41H,10-11,16-17H2,1-9H3,(H,37,43)(H,38,42)(H,39,44)(H,40,47)(H,45,46)/t20-,21-,25+,26?,28+,29+,30+/m1/s1. The van der Waals surface area contributed by atoms with Gasteiger partial charge in [0.15, 0.2) is 0 Å². The van der Waals surface area contributed by atoms with Crippen LogP contribution >= 0.6 is 0 Å². The van der Waals surface area contributed by atoms with Gasteiger partial charge in [0, 0.05) is 17.1 Å². The highest BCUT2D eigenvalue weighted by Crippen LogP contribution is 2.21. The van der Waals surface area contributed by atoms with E-state index in [1.54, 1.807) is 47.7 Å². The minimum absolute atomic E-state index is 0.133. The number of nitrogens with one attached hydrogen (secondary N) is 5. The van der Waals surface area contributed by atoms with Gasteiger partial charge in [-0.3, -0.25) is 14.4 Å². The van der Waals surface area contributed by atoms with Crippen molar-refractivity contribution in [1.29, 1.82) is 0 Å². The van der Waals surface area contributed by atoms with Crippen LogP contribution in [0.3, 0.4) is 0 Å². The van der Waals surface area contributed by atoms with Crippen molar-refractivity contribution >= 4 is 40.7 Å². The Morgan fingerprint density at radius 1 is 0.833 bits per heavy atom. The fourth-order valence-electron chi connectivity index (χ4n) is 5.25. The molecule has 13 heteroatoms. The minimum Gasteiger partial charge on any atom is -0.480 e. The van der Waals surface area contributed by atoms with Gasteiger partial charge in [-0.2, -0.15) is 0 Å². The number of hydrogen-bond acceptors (Lipinski definition) is 7. The molecule has 0 saturated heterocycles. The van der Waals surface area contributed by atoms with E-state index in [0.29, 0.717) is 12.8 Å². The second-order valence-electron chi connectivity index (χ2n) is 14.0. The predicted molar refractivity (Wildman–Crippen MR) is 183 cm³/mol. The number of para-hydroxylation sites is 1. The molecule has 4 amide bonds. The summed E-state index contributed by atoms with van der Waals surface area (Å²) in [6, 6.07) is 3.36. The number of carboxylic acid groups (broad SMARTS) is 1. The second-order valence-corrected chi connectivity index (χ2v) is 14.0. The van der Waals surface area contributed by atoms with Crippen molar-refractivity contribution in [3.63, 3.8) is 0 Å². The molecule has 0 spiro atoms. The lowest BCUT2D eigenvalue weighted by Crippen LogP contribution is -2.59. The van der Waals surface area contributed by atoms with Crippen LogP contribution in [-0.2, 0) is 30.3 Å². The summed E-state index contributed by atoms with van der Waals surface area (Å²) in [4.78, 5) is 67.9. The van der Waals surface area contributed by atoms with Crippen LogP contribution in [0.1, 0.15) is 87.1 Å². The normalized spacial score (nSPS) is 16.1. The van der Waals surface area contributed by atoms with Gasteiger partial charge in [0.25, 0.3) is 0 Å². The third-order valence-corrected chi connectivity index (χ3v) is 8.51. The van der Waals surface area contributed by atoms with Gasteiger partial charge in [-0.1, -0.05) is 72.6 Å². The number of amides is 4. The summed E-state index contributed by atoms with van der Waals surface area (Å²) in [6.07, 6.45) is 0.357. The highest BCUT2D eigenvalue weighted by molar-refractivity contribution is 5.92. The highest BCUT2D eigenvalue weighted by atomic mass is 16.6. The largest absolute Gasteiger partial charge is 0.480 e. The van der Waals surface area contributed by atoms with E-state index in [-0.39, 0.29) is 18.3 Å². The first-order valence-electron chi connectivity index (χ1n) is 16.7. The average molecular weight is 674 g/mol. The van der Waals surface area contributed by atoms with Gasteiger partial charge in [-0.25, -0.2) is 9.59 Å². The van der Waals surface area contributed by atoms with Crippen molar-refractivity contribution in [3.8, 4) is 0 Å². The van der Waals surface area contributed by atoms with E-state index >= 15 is 0 Å². The van der Waals surface area contributed by atoms with Crippen LogP contribution in [0.5, 0.6) is 0 Å². The maximum Gasteiger partial charge on any atom is 0.408 e. The number of fused-ring (bicyclic) bond motifs is 1. The number of rotatable bonds is 17. The second kappa shape index (κ2) is 17.9. The Labute approximate surface area is 283 Å². The van der Waals surface area contributed by atoms with Crippen LogP contribution in [0.25, 0.3) is 10.9 Å². The van der Waals surface area contributed by atoms with Crippen LogP contribution in [0.4, 0.5) is 4.79 Å². The number of aromatic nitrogens is 1. The number of aliphatic carboxylic acids is 1. The number of carboxylic acids is 1. The van der Waals surface area contributed by atoms with Gasteiger partial charge in [0.05, 0.1) is 18.6 Å². The van der Waals surface area contributed by atoms with E-state index in [0.717, 1.165) is 16.5 Å². The van der Waals surface area contributed by atoms with E-state index < -0.39 is 78.0 Å². The molecule has 1 aromatic heterocycles. The number of carbonyl (C=O) groups is 5. The number of aliphatic hydroxyl groups excluding tert-OH is 1. The Kier molecular flexibility index (Phi) is 14.9. The quantitative estimate of drug-likeness (QED) is 0.132. The van der Waals surface area contributed by atoms with Crippen molar-refractivity contribution in [2.45, 2.75) is 124 Å². The zero-order valence-electron chi connectivity index (χ0n) is 29.7. The number of ether oxygens (including phenoxy) is 1. The van der Waals surface area contributed by atoms with Gasteiger partial charge in [-0.05, 0) is 56.6 Å². The summed E-state index contributed by atoms with van der Waals surface area (Å²) in [5, 5.41) is 32.5. The number of alkyl carbamates (subject to hydrolysis) is 1. The number of aromatic amines is 1. The van der Waals surface area contributed by atoms with E-state index in [1.807, 2.05) is 45.0 Å². The van der Waals surface area contributed by atoms with Gasteiger partial charge < -0.3 is 41.2 Å². The SMILES string of the molecule is CC[C@@H](C)[C@H](NC(=O)OC(C)(C)C)C(=O)N[C@H](C(=O)N[C@@H](Cc1c[nH]c2ccccc12)C(O)CC(=O)N[C@H](C(=O)O)C(C)C)[C@H](C)CC.